The molecule has 0 aliphatic heterocycles. The summed E-state index contributed by atoms with van der Waals surface area (Å²) >= 11 is 0. The van der Waals surface area contributed by atoms with Gasteiger partial charge in [-0.15, -0.1) is 0 Å². The van der Waals surface area contributed by atoms with Crippen LogP contribution in [0.1, 0.15) is 43.2 Å². The number of hydrogen-bond acceptors (Lipinski definition) is 4. The van der Waals surface area contributed by atoms with Gasteiger partial charge in [0.15, 0.2) is 5.78 Å². The van der Waals surface area contributed by atoms with Gasteiger partial charge in [-0.05, 0) is 39.3 Å². The lowest BCUT2D eigenvalue weighted by atomic mass is 10.2. The third-order valence-corrected chi connectivity index (χ3v) is 2.97. The summed E-state index contributed by atoms with van der Waals surface area (Å²) in [6.07, 6.45) is 0.534. The molecule has 0 bridgehead atoms. The summed E-state index contributed by atoms with van der Waals surface area (Å²) in [5, 5.41) is 0. The number of carbonyl (C=O) groups is 2. The maximum absolute atomic E-state index is 12.1. The molecule has 5 nitrogen and oxygen atoms in total. The summed E-state index contributed by atoms with van der Waals surface area (Å²) in [6, 6.07) is 3.13. The van der Waals surface area contributed by atoms with Crippen molar-refractivity contribution in [2.45, 2.75) is 46.8 Å². The Kier molecular flexibility index (Phi) is 5.03. The van der Waals surface area contributed by atoms with Gasteiger partial charge in [-0.3, -0.25) is 14.4 Å². The molecule has 1 heterocycles. The molecule has 104 valence electrons. The summed E-state index contributed by atoms with van der Waals surface area (Å²) < 4.78 is 6.40. The summed E-state index contributed by atoms with van der Waals surface area (Å²) in [5.41, 5.74) is 0.256. The maximum Gasteiger partial charge on any atom is 0.326 e. The molecule has 0 saturated carbocycles. The van der Waals surface area contributed by atoms with Gasteiger partial charge >= 0.3 is 5.97 Å². The average Bonchev–Trinajstić information content (AvgIpc) is 2.33. The number of pyridine rings is 1. The van der Waals surface area contributed by atoms with Crippen LogP contribution in [-0.4, -0.2) is 22.4 Å². The molecule has 1 aromatic heterocycles. The van der Waals surface area contributed by atoms with Crippen LogP contribution in [0.5, 0.6) is 0 Å². The van der Waals surface area contributed by atoms with Crippen molar-refractivity contribution in [3.8, 4) is 0 Å². The molecule has 0 aliphatic rings. The number of nitrogens with zero attached hydrogens (tertiary/aromatic N) is 1. The normalized spacial score (nSPS) is 12.0. The van der Waals surface area contributed by atoms with Crippen LogP contribution in [-0.2, 0) is 16.1 Å². The first-order chi connectivity index (χ1) is 8.86. The summed E-state index contributed by atoms with van der Waals surface area (Å²) in [5.74, 6) is -0.783. The molecule has 1 atom stereocenters. The van der Waals surface area contributed by atoms with Crippen LogP contribution in [0, 0.1) is 6.92 Å². The highest BCUT2D eigenvalue weighted by atomic mass is 16.5. The highest BCUT2D eigenvalue weighted by Gasteiger charge is 2.14. The van der Waals surface area contributed by atoms with Crippen molar-refractivity contribution in [1.29, 1.82) is 0 Å². The molecule has 19 heavy (non-hydrogen) atoms. The predicted molar refractivity (Wildman–Crippen MR) is 71.3 cm³/mol. The Morgan fingerprint density at radius 2 is 2.00 bits per heavy atom. The Morgan fingerprint density at radius 1 is 1.37 bits per heavy atom. The Labute approximate surface area is 112 Å². The van der Waals surface area contributed by atoms with E-state index < -0.39 is 11.5 Å². The highest BCUT2D eigenvalue weighted by molar-refractivity contribution is 5.93. The van der Waals surface area contributed by atoms with Crippen LogP contribution >= 0.6 is 0 Å². The zero-order valence-corrected chi connectivity index (χ0v) is 11.7. The second-order valence-corrected chi connectivity index (χ2v) is 4.54. The standard InChI is InChI=1S/C14H19NO4/c1-5-10(3)19-13(17)8-15-9(2)6-7-12(11(4)16)14(15)18/h6-7,10H,5,8H2,1-4H3. The van der Waals surface area contributed by atoms with Crippen molar-refractivity contribution < 1.29 is 14.3 Å². The second kappa shape index (κ2) is 6.31. The van der Waals surface area contributed by atoms with Crippen molar-refractivity contribution in [3.63, 3.8) is 0 Å². The van der Waals surface area contributed by atoms with Gasteiger partial charge in [-0.1, -0.05) is 6.92 Å². The number of rotatable bonds is 5. The number of hydrogen-bond donors (Lipinski definition) is 0. The largest absolute Gasteiger partial charge is 0.461 e. The molecule has 1 rings (SSSR count). The fraction of sp³-hybridized carbons (Fsp3) is 0.500. The number of carbonyl (C=O) groups excluding carboxylic acids is 2. The van der Waals surface area contributed by atoms with E-state index in [0.717, 1.165) is 0 Å². The minimum absolute atomic E-state index is 0.0851. The lowest BCUT2D eigenvalue weighted by molar-refractivity contribution is -0.149. The van der Waals surface area contributed by atoms with E-state index >= 15 is 0 Å². The molecule has 1 aromatic rings. The first-order valence-electron chi connectivity index (χ1n) is 6.27. The van der Waals surface area contributed by atoms with Crippen LogP contribution in [0.2, 0.25) is 0 Å². The molecular formula is C14H19NO4. The summed E-state index contributed by atoms with van der Waals surface area (Å²) in [7, 11) is 0. The Balaban J connectivity index is 3.01. The van der Waals surface area contributed by atoms with Crippen molar-refractivity contribution in [2.75, 3.05) is 0 Å². The quantitative estimate of drug-likeness (QED) is 0.600. The van der Waals surface area contributed by atoms with E-state index in [1.807, 2.05) is 6.92 Å². The van der Waals surface area contributed by atoms with Crippen molar-refractivity contribution in [2.24, 2.45) is 0 Å². The van der Waals surface area contributed by atoms with Crippen LogP contribution in [0.4, 0.5) is 0 Å². The van der Waals surface area contributed by atoms with Gasteiger partial charge in [0, 0.05) is 5.69 Å². The molecular weight excluding hydrogens is 246 g/mol. The lowest BCUT2D eigenvalue weighted by Gasteiger charge is -2.14. The van der Waals surface area contributed by atoms with E-state index in [-0.39, 0.29) is 24.0 Å². The minimum atomic E-state index is -0.472. The fourth-order valence-corrected chi connectivity index (χ4v) is 1.61. The highest BCUT2D eigenvalue weighted by Crippen LogP contribution is 2.02. The summed E-state index contributed by atoms with van der Waals surface area (Å²) in [4.78, 5) is 35.1. The summed E-state index contributed by atoms with van der Waals surface area (Å²) in [6.45, 7) is 6.57. The van der Waals surface area contributed by atoms with Crippen LogP contribution in [0.3, 0.4) is 0 Å². The van der Waals surface area contributed by atoms with E-state index in [1.165, 1.54) is 17.6 Å². The molecule has 0 radical (unpaired) electrons. The molecule has 5 heteroatoms. The van der Waals surface area contributed by atoms with E-state index in [9.17, 15) is 14.4 Å². The Hall–Kier alpha value is -1.91. The van der Waals surface area contributed by atoms with E-state index in [1.54, 1.807) is 19.9 Å². The molecule has 0 aromatic carbocycles. The SMILES string of the molecule is CCC(C)OC(=O)Cn1c(C)ccc(C(C)=O)c1=O. The van der Waals surface area contributed by atoms with Gasteiger partial charge in [0.2, 0.25) is 0 Å². The number of ketones is 1. The third-order valence-electron chi connectivity index (χ3n) is 2.97. The van der Waals surface area contributed by atoms with Crippen LogP contribution < -0.4 is 5.56 Å². The zero-order chi connectivity index (χ0) is 14.6. The third kappa shape index (κ3) is 3.77. The molecule has 0 amide bonds. The van der Waals surface area contributed by atoms with E-state index in [4.69, 9.17) is 4.74 Å². The molecule has 0 spiro atoms. The Bertz CT molecular complexity index is 545. The van der Waals surface area contributed by atoms with Gasteiger partial charge in [0.25, 0.3) is 5.56 Å². The minimum Gasteiger partial charge on any atom is -0.461 e. The van der Waals surface area contributed by atoms with Crippen molar-refractivity contribution >= 4 is 11.8 Å². The number of aromatic nitrogens is 1. The maximum atomic E-state index is 12.1. The molecule has 0 N–H and O–H groups in total. The van der Waals surface area contributed by atoms with Crippen molar-refractivity contribution in [1.82, 2.24) is 4.57 Å². The van der Waals surface area contributed by atoms with E-state index in [2.05, 4.69) is 0 Å². The smallest absolute Gasteiger partial charge is 0.326 e. The molecule has 1 unspecified atom stereocenters. The van der Waals surface area contributed by atoms with E-state index in [0.29, 0.717) is 12.1 Å². The predicted octanol–water partition coefficient (Wildman–Crippen LogP) is 1.70. The number of ether oxygens (including phenoxy) is 1. The molecule has 0 aliphatic carbocycles. The monoisotopic (exact) mass is 265 g/mol. The fourth-order valence-electron chi connectivity index (χ4n) is 1.61. The second-order valence-electron chi connectivity index (χ2n) is 4.54. The van der Waals surface area contributed by atoms with Crippen molar-refractivity contribution in [3.05, 3.63) is 33.7 Å². The molecule has 0 fully saturated rings. The van der Waals surface area contributed by atoms with Crippen LogP contribution in [0.25, 0.3) is 0 Å². The average molecular weight is 265 g/mol. The van der Waals surface area contributed by atoms with Gasteiger partial charge in [0.1, 0.15) is 6.54 Å². The van der Waals surface area contributed by atoms with Gasteiger partial charge in [-0.25, -0.2) is 0 Å². The first-order valence-corrected chi connectivity index (χ1v) is 6.27. The number of aryl methyl sites for hydroxylation is 1. The molecule has 0 saturated heterocycles. The van der Waals surface area contributed by atoms with Gasteiger partial charge in [0.05, 0.1) is 11.7 Å². The number of esters is 1. The number of Topliss-reactive ketones (excluding diaryl/α,β-unsaturated/α-hetero) is 1. The lowest BCUT2D eigenvalue weighted by Crippen LogP contribution is -2.31. The first kappa shape index (κ1) is 15.1. The Morgan fingerprint density at radius 3 is 2.53 bits per heavy atom. The van der Waals surface area contributed by atoms with Gasteiger partial charge in [-0.2, -0.15) is 0 Å². The van der Waals surface area contributed by atoms with Crippen LogP contribution in [0.15, 0.2) is 16.9 Å². The van der Waals surface area contributed by atoms with Gasteiger partial charge < -0.3 is 9.30 Å². The topological polar surface area (TPSA) is 65.4 Å². The zero-order valence-electron chi connectivity index (χ0n) is 11.7.